The van der Waals surface area contributed by atoms with E-state index in [0.29, 0.717) is 6.04 Å². The number of piperidine rings is 1. The lowest BCUT2D eigenvalue weighted by atomic mass is 9.85. The van der Waals surface area contributed by atoms with Gasteiger partial charge >= 0.3 is 0 Å². The number of hydrogen-bond donors (Lipinski definition) is 1. The minimum atomic E-state index is 0.193. The number of hydrogen-bond acceptors (Lipinski definition) is 2. The molecule has 3 heteroatoms. The molecule has 0 spiro atoms. The van der Waals surface area contributed by atoms with Crippen molar-refractivity contribution in [1.29, 1.82) is 0 Å². The van der Waals surface area contributed by atoms with Crippen LogP contribution < -0.4 is 10.6 Å². The molecular weight excluding hydrogens is 312 g/mol. The van der Waals surface area contributed by atoms with Crippen molar-refractivity contribution in [1.82, 2.24) is 0 Å². The molecule has 0 aliphatic carbocycles. The summed E-state index contributed by atoms with van der Waals surface area (Å²) in [6.45, 7) is 10.3. The molecule has 1 aromatic carbocycles. The minimum Gasteiger partial charge on any atom is -0.368 e. The lowest BCUT2D eigenvalue weighted by molar-refractivity contribution is 0.296. The fourth-order valence-electron chi connectivity index (χ4n) is 3.38. The van der Waals surface area contributed by atoms with E-state index in [1.165, 1.54) is 17.7 Å². The molecule has 1 aromatic rings. The summed E-state index contributed by atoms with van der Waals surface area (Å²) in [6.07, 6.45) is 2.26. The fraction of sp³-hybridized carbons (Fsp3) is 0.647. The van der Waals surface area contributed by atoms with E-state index in [0.717, 1.165) is 29.3 Å². The molecule has 112 valence electrons. The van der Waals surface area contributed by atoms with Crippen LogP contribution in [0.15, 0.2) is 22.7 Å². The van der Waals surface area contributed by atoms with Crippen LogP contribution in [0.5, 0.6) is 0 Å². The third-order valence-electron chi connectivity index (χ3n) is 4.49. The first-order chi connectivity index (χ1) is 9.38. The number of halogens is 1. The molecule has 1 saturated heterocycles. The molecule has 0 saturated carbocycles. The summed E-state index contributed by atoms with van der Waals surface area (Å²) in [5.74, 6) is 1.50. The van der Waals surface area contributed by atoms with Crippen LogP contribution in [0, 0.1) is 11.8 Å². The van der Waals surface area contributed by atoms with Gasteiger partial charge in [-0.15, -0.1) is 0 Å². The Bertz CT molecular complexity index is 458. The molecule has 0 bridgehead atoms. The summed E-state index contributed by atoms with van der Waals surface area (Å²) in [5.41, 5.74) is 8.76. The van der Waals surface area contributed by atoms with Crippen molar-refractivity contribution in [2.24, 2.45) is 17.6 Å². The lowest BCUT2D eigenvalue weighted by Crippen LogP contribution is -2.46. The monoisotopic (exact) mass is 338 g/mol. The van der Waals surface area contributed by atoms with E-state index in [2.05, 4.69) is 66.7 Å². The first-order valence-electron chi connectivity index (χ1n) is 7.69. The molecule has 0 radical (unpaired) electrons. The quantitative estimate of drug-likeness (QED) is 0.894. The van der Waals surface area contributed by atoms with Crippen molar-refractivity contribution in [2.45, 2.75) is 52.6 Å². The zero-order chi connectivity index (χ0) is 14.9. The van der Waals surface area contributed by atoms with Gasteiger partial charge in [0.2, 0.25) is 0 Å². The van der Waals surface area contributed by atoms with Gasteiger partial charge in [0.05, 0.1) is 0 Å². The zero-order valence-electron chi connectivity index (χ0n) is 13.1. The Morgan fingerprint density at radius 2 is 2.05 bits per heavy atom. The fourth-order valence-corrected chi connectivity index (χ4v) is 3.79. The van der Waals surface area contributed by atoms with Crippen molar-refractivity contribution in [2.75, 3.05) is 11.4 Å². The Labute approximate surface area is 131 Å². The van der Waals surface area contributed by atoms with Crippen molar-refractivity contribution in [3.63, 3.8) is 0 Å². The van der Waals surface area contributed by atoms with Crippen LogP contribution in [0.25, 0.3) is 0 Å². The molecule has 1 heterocycles. The third-order valence-corrected chi connectivity index (χ3v) is 4.98. The molecule has 2 nitrogen and oxygen atoms in total. The molecule has 20 heavy (non-hydrogen) atoms. The molecule has 1 aliphatic rings. The summed E-state index contributed by atoms with van der Waals surface area (Å²) < 4.78 is 1.14. The maximum absolute atomic E-state index is 6.03. The Hall–Kier alpha value is -0.540. The second-order valence-electron chi connectivity index (χ2n) is 6.67. The van der Waals surface area contributed by atoms with Gasteiger partial charge in [-0.05, 0) is 62.3 Å². The van der Waals surface area contributed by atoms with E-state index in [9.17, 15) is 0 Å². The van der Waals surface area contributed by atoms with Crippen molar-refractivity contribution >= 4 is 21.6 Å². The van der Waals surface area contributed by atoms with Crippen molar-refractivity contribution in [3.05, 3.63) is 28.2 Å². The predicted molar refractivity (Wildman–Crippen MR) is 91.2 cm³/mol. The first kappa shape index (κ1) is 15.8. The van der Waals surface area contributed by atoms with Gasteiger partial charge in [0, 0.05) is 28.8 Å². The minimum absolute atomic E-state index is 0.193. The smallest absolute Gasteiger partial charge is 0.0402 e. The van der Waals surface area contributed by atoms with E-state index in [1.54, 1.807) is 0 Å². The van der Waals surface area contributed by atoms with E-state index in [-0.39, 0.29) is 6.04 Å². The molecule has 4 atom stereocenters. The Morgan fingerprint density at radius 3 is 2.70 bits per heavy atom. The van der Waals surface area contributed by atoms with Gasteiger partial charge < -0.3 is 10.6 Å². The summed E-state index contributed by atoms with van der Waals surface area (Å²) in [6, 6.07) is 7.42. The number of benzene rings is 1. The zero-order valence-corrected chi connectivity index (χ0v) is 14.7. The van der Waals surface area contributed by atoms with Crippen LogP contribution in [-0.2, 0) is 6.42 Å². The summed E-state index contributed by atoms with van der Waals surface area (Å²) in [5, 5.41) is 0. The average molecular weight is 339 g/mol. The maximum Gasteiger partial charge on any atom is 0.0402 e. The van der Waals surface area contributed by atoms with Crippen LogP contribution in [0.4, 0.5) is 5.69 Å². The highest BCUT2D eigenvalue weighted by Crippen LogP contribution is 2.34. The topological polar surface area (TPSA) is 29.3 Å². The van der Waals surface area contributed by atoms with Gasteiger partial charge in [0.1, 0.15) is 0 Å². The van der Waals surface area contributed by atoms with Gasteiger partial charge in [-0.1, -0.05) is 29.8 Å². The molecule has 2 rings (SSSR count). The van der Waals surface area contributed by atoms with Gasteiger partial charge in [-0.3, -0.25) is 0 Å². The molecule has 0 aromatic heterocycles. The maximum atomic E-state index is 6.03. The van der Waals surface area contributed by atoms with Gasteiger partial charge in [0.15, 0.2) is 0 Å². The van der Waals surface area contributed by atoms with Gasteiger partial charge in [-0.25, -0.2) is 0 Å². The van der Waals surface area contributed by atoms with Gasteiger partial charge in [-0.2, -0.15) is 0 Å². The Kier molecular flexibility index (Phi) is 5.14. The van der Waals surface area contributed by atoms with Crippen molar-refractivity contribution in [3.8, 4) is 0 Å². The molecule has 0 amide bonds. The SMILES string of the molecule is CC(N)Cc1cc(Br)ccc1N1CC(C)CC(C)C1C. The molecule has 1 aliphatic heterocycles. The molecular formula is C17H27BrN2. The number of nitrogens with two attached hydrogens (primary N) is 1. The van der Waals surface area contributed by atoms with Crippen LogP contribution >= 0.6 is 15.9 Å². The summed E-state index contributed by atoms with van der Waals surface area (Å²) in [7, 11) is 0. The highest BCUT2D eigenvalue weighted by Gasteiger charge is 2.30. The van der Waals surface area contributed by atoms with E-state index in [4.69, 9.17) is 5.73 Å². The standard InChI is InChI=1S/C17H27BrN2/c1-11-7-12(2)14(4)20(10-11)17-6-5-16(18)9-15(17)8-13(3)19/h5-6,9,11-14H,7-8,10,19H2,1-4H3. The number of anilines is 1. The van der Waals surface area contributed by atoms with E-state index < -0.39 is 0 Å². The second-order valence-corrected chi connectivity index (χ2v) is 7.58. The molecule has 1 fully saturated rings. The highest BCUT2D eigenvalue weighted by atomic mass is 79.9. The highest BCUT2D eigenvalue weighted by molar-refractivity contribution is 9.10. The van der Waals surface area contributed by atoms with Crippen LogP contribution in [0.2, 0.25) is 0 Å². The van der Waals surface area contributed by atoms with Crippen LogP contribution in [-0.4, -0.2) is 18.6 Å². The average Bonchev–Trinajstić information content (AvgIpc) is 2.33. The molecule has 2 N–H and O–H groups in total. The lowest BCUT2D eigenvalue weighted by Gasteiger charge is -2.43. The van der Waals surface area contributed by atoms with E-state index in [1.807, 2.05) is 0 Å². The number of nitrogens with zero attached hydrogens (tertiary/aromatic N) is 1. The normalized spacial score (nSPS) is 28.5. The predicted octanol–water partition coefficient (Wildman–Crippen LogP) is 4.21. The Morgan fingerprint density at radius 1 is 1.35 bits per heavy atom. The Balaban J connectivity index is 2.35. The number of rotatable bonds is 3. The van der Waals surface area contributed by atoms with Crippen molar-refractivity contribution < 1.29 is 0 Å². The molecule has 4 unspecified atom stereocenters. The van der Waals surface area contributed by atoms with Gasteiger partial charge in [0.25, 0.3) is 0 Å². The summed E-state index contributed by atoms with van der Waals surface area (Å²) >= 11 is 3.59. The van der Waals surface area contributed by atoms with E-state index >= 15 is 0 Å². The first-order valence-corrected chi connectivity index (χ1v) is 8.48. The summed E-state index contributed by atoms with van der Waals surface area (Å²) in [4.78, 5) is 2.59. The largest absolute Gasteiger partial charge is 0.368 e. The second kappa shape index (κ2) is 6.48. The van der Waals surface area contributed by atoms with Crippen LogP contribution in [0.3, 0.4) is 0 Å². The third kappa shape index (κ3) is 3.56. The van der Waals surface area contributed by atoms with Crippen LogP contribution in [0.1, 0.15) is 39.7 Å².